The lowest BCUT2D eigenvalue weighted by Gasteiger charge is -2.09. The molecule has 0 atom stereocenters. The Morgan fingerprint density at radius 3 is 2.70 bits per heavy atom. The van der Waals surface area contributed by atoms with Crippen molar-refractivity contribution < 1.29 is 14.3 Å². The van der Waals surface area contributed by atoms with Gasteiger partial charge in [0.2, 0.25) is 0 Å². The van der Waals surface area contributed by atoms with E-state index in [1.807, 2.05) is 12.1 Å². The summed E-state index contributed by atoms with van der Waals surface area (Å²) in [6.07, 6.45) is 5.92. The first-order valence-corrected chi connectivity index (χ1v) is 9.49. The molecule has 27 heavy (non-hydrogen) atoms. The Bertz CT molecular complexity index is 1070. The van der Waals surface area contributed by atoms with Crippen LogP contribution in [0.15, 0.2) is 45.8 Å². The number of nitrogens with zero attached hydrogens (tertiary/aromatic N) is 2. The molecule has 0 amide bonds. The average molecular weight is 376 g/mol. The summed E-state index contributed by atoms with van der Waals surface area (Å²) < 4.78 is 5.79. The first-order valence-electron chi connectivity index (χ1n) is 8.68. The largest absolute Gasteiger partial charge is 0.478 e. The van der Waals surface area contributed by atoms with E-state index in [9.17, 15) is 10.1 Å². The Kier molecular flexibility index (Phi) is 4.61. The molecule has 1 aliphatic carbocycles. The minimum absolute atomic E-state index is 0.234. The van der Waals surface area contributed by atoms with Gasteiger partial charge in [-0.15, -0.1) is 11.3 Å². The van der Waals surface area contributed by atoms with Crippen molar-refractivity contribution in [2.75, 3.05) is 0 Å². The number of carboxylic acids is 1. The van der Waals surface area contributed by atoms with Crippen molar-refractivity contribution in [1.29, 1.82) is 5.26 Å². The number of thiophene rings is 1. The highest BCUT2D eigenvalue weighted by Crippen LogP contribution is 2.39. The summed E-state index contributed by atoms with van der Waals surface area (Å²) in [4.78, 5) is 16.7. The van der Waals surface area contributed by atoms with Gasteiger partial charge in [-0.1, -0.05) is 12.1 Å². The highest BCUT2D eigenvalue weighted by atomic mass is 32.1. The summed E-state index contributed by atoms with van der Waals surface area (Å²) in [5, 5.41) is 19.2. The zero-order chi connectivity index (χ0) is 18.8. The third kappa shape index (κ3) is 3.42. The lowest BCUT2D eigenvalue weighted by atomic mass is 9.96. The number of carbonyl (C=O) groups is 1. The average Bonchev–Trinajstić information content (AvgIpc) is 3.30. The van der Waals surface area contributed by atoms with Crippen LogP contribution in [0.4, 0.5) is 5.00 Å². The standard InChI is InChI=1S/C21H16N2O3S/c22-11-17-16-3-1-2-4-19(16)27-20(17)23-12-15-9-10-18(26-15)13-5-7-14(8-6-13)21(24)25/h5-10,12H,1-4H2,(H,24,25)/b23-12+. The molecule has 0 saturated carbocycles. The predicted molar refractivity (Wildman–Crippen MR) is 104 cm³/mol. The summed E-state index contributed by atoms with van der Waals surface area (Å²) in [5.41, 5.74) is 2.89. The molecule has 0 radical (unpaired) electrons. The van der Waals surface area contributed by atoms with Gasteiger partial charge in [-0.2, -0.15) is 5.26 Å². The highest BCUT2D eigenvalue weighted by molar-refractivity contribution is 7.16. The van der Waals surface area contributed by atoms with E-state index in [2.05, 4.69) is 11.1 Å². The molecule has 2 aromatic heterocycles. The second-order valence-corrected chi connectivity index (χ2v) is 7.43. The van der Waals surface area contributed by atoms with Crippen molar-refractivity contribution in [2.45, 2.75) is 25.7 Å². The van der Waals surface area contributed by atoms with Crippen LogP contribution in [-0.2, 0) is 12.8 Å². The van der Waals surface area contributed by atoms with Gasteiger partial charge < -0.3 is 9.52 Å². The van der Waals surface area contributed by atoms with E-state index in [0.717, 1.165) is 29.8 Å². The molecule has 2 heterocycles. The van der Waals surface area contributed by atoms with E-state index in [0.29, 0.717) is 17.1 Å². The molecule has 4 rings (SSSR count). The molecule has 0 fully saturated rings. The van der Waals surface area contributed by atoms with Crippen LogP contribution < -0.4 is 0 Å². The molecular weight excluding hydrogens is 360 g/mol. The Hall–Kier alpha value is -3.17. The van der Waals surface area contributed by atoms with Crippen LogP contribution in [0.1, 0.15) is 45.0 Å². The number of hydrogen-bond acceptors (Lipinski definition) is 5. The fraction of sp³-hybridized carbons (Fsp3) is 0.190. The number of rotatable bonds is 4. The van der Waals surface area contributed by atoms with E-state index in [4.69, 9.17) is 9.52 Å². The molecule has 0 unspecified atom stereocenters. The van der Waals surface area contributed by atoms with Crippen molar-refractivity contribution in [2.24, 2.45) is 4.99 Å². The van der Waals surface area contributed by atoms with Crippen molar-refractivity contribution in [1.82, 2.24) is 0 Å². The minimum atomic E-state index is -0.958. The minimum Gasteiger partial charge on any atom is -0.478 e. The number of hydrogen-bond donors (Lipinski definition) is 1. The van der Waals surface area contributed by atoms with Gasteiger partial charge in [0.1, 0.15) is 22.6 Å². The number of carboxylic acid groups (broad SMARTS) is 1. The maximum absolute atomic E-state index is 10.9. The highest BCUT2D eigenvalue weighted by Gasteiger charge is 2.20. The van der Waals surface area contributed by atoms with Gasteiger partial charge in [-0.05, 0) is 55.5 Å². The smallest absolute Gasteiger partial charge is 0.335 e. The van der Waals surface area contributed by atoms with E-state index in [-0.39, 0.29) is 5.56 Å². The molecule has 0 saturated heterocycles. The van der Waals surface area contributed by atoms with Crippen molar-refractivity contribution in [3.63, 3.8) is 0 Å². The number of aryl methyl sites for hydroxylation is 1. The maximum atomic E-state index is 10.9. The molecule has 1 aromatic carbocycles. The Balaban J connectivity index is 1.57. The number of aromatic carboxylic acids is 1. The molecule has 0 aliphatic heterocycles. The monoisotopic (exact) mass is 376 g/mol. The molecule has 1 N–H and O–H groups in total. The lowest BCUT2D eigenvalue weighted by molar-refractivity contribution is 0.0697. The summed E-state index contributed by atoms with van der Waals surface area (Å²) in [7, 11) is 0. The zero-order valence-corrected chi connectivity index (χ0v) is 15.3. The molecule has 0 spiro atoms. The van der Waals surface area contributed by atoms with Crippen LogP contribution in [0.2, 0.25) is 0 Å². The van der Waals surface area contributed by atoms with Crippen molar-refractivity contribution >= 4 is 28.5 Å². The van der Waals surface area contributed by atoms with Gasteiger partial charge in [-0.3, -0.25) is 0 Å². The number of furan rings is 1. The lowest BCUT2D eigenvalue weighted by Crippen LogP contribution is -1.99. The summed E-state index contributed by atoms with van der Waals surface area (Å²) in [5.74, 6) is 0.266. The number of nitriles is 1. The normalized spacial score (nSPS) is 13.4. The topological polar surface area (TPSA) is 86.6 Å². The number of fused-ring (bicyclic) bond motifs is 1. The summed E-state index contributed by atoms with van der Waals surface area (Å²) in [6, 6.07) is 12.4. The van der Waals surface area contributed by atoms with Gasteiger partial charge in [0, 0.05) is 10.4 Å². The first kappa shape index (κ1) is 17.3. The second-order valence-electron chi connectivity index (χ2n) is 6.35. The van der Waals surface area contributed by atoms with Crippen molar-refractivity contribution in [3.05, 3.63) is 63.7 Å². The Morgan fingerprint density at radius 2 is 1.96 bits per heavy atom. The second kappa shape index (κ2) is 7.22. The van der Waals surface area contributed by atoms with E-state index in [1.54, 1.807) is 41.8 Å². The van der Waals surface area contributed by atoms with Crippen LogP contribution >= 0.6 is 11.3 Å². The fourth-order valence-corrected chi connectivity index (χ4v) is 4.42. The summed E-state index contributed by atoms with van der Waals surface area (Å²) >= 11 is 1.60. The Morgan fingerprint density at radius 1 is 1.19 bits per heavy atom. The van der Waals surface area contributed by atoms with Crippen molar-refractivity contribution in [3.8, 4) is 17.4 Å². The van der Waals surface area contributed by atoms with E-state index < -0.39 is 5.97 Å². The fourth-order valence-electron chi connectivity index (χ4n) is 3.23. The van der Waals surface area contributed by atoms with Gasteiger partial charge in [0.25, 0.3) is 0 Å². The maximum Gasteiger partial charge on any atom is 0.335 e. The molecule has 3 aromatic rings. The van der Waals surface area contributed by atoms with Crippen LogP contribution in [0.5, 0.6) is 0 Å². The third-order valence-electron chi connectivity index (χ3n) is 4.62. The van der Waals surface area contributed by atoms with Gasteiger partial charge in [-0.25, -0.2) is 9.79 Å². The van der Waals surface area contributed by atoms with Gasteiger partial charge in [0.15, 0.2) is 0 Å². The van der Waals surface area contributed by atoms with Gasteiger partial charge >= 0.3 is 5.97 Å². The van der Waals surface area contributed by atoms with Crippen LogP contribution in [0.25, 0.3) is 11.3 Å². The van der Waals surface area contributed by atoms with E-state index >= 15 is 0 Å². The molecule has 1 aliphatic rings. The Labute approximate surface area is 160 Å². The predicted octanol–water partition coefficient (Wildman–Crippen LogP) is 5.21. The van der Waals surface area contributed by atoms with Crippen LogP contribution in [0.3, 0.4) is 0 Å². The summed E-state index contributed by atoms with van der Waals surface area (Å²) in [6.45, 7) is 0. The first-order chi connectivity index (χ1) is 13.2. The molecule has 6 heteroatoms. The van der Waals surface area contributed by atoms with Crippen LogP contribution in [0, 0.1) is 11.3 Å². The number of benzene rings is 1. The molecule has 0 bridgehead atoms. The van der Waals surface area contributed by atoms with E-state index in [1.165, 1.54) is 16.9 Å². The zero-order valence-electron chi connectivity index (χ0n) is 14.4. The SMILES string of the molecule is N#Cc1c(/N=C/c2ccc(-c3ccc(C(=O)O)cc3)o2)sc2c1CCCC2. The molecular formula is C21H16N2O3S. The van der Waals surface area contributed by atoms with Crippen LogP contribution in [-0.4, -0.2) is 17.3 Å². The quantitative estimate of drug-likeness (QED) is 0.633. The molecule has 5 nitrogen and oxygen atoms in total. The number of aliphatic imine (C=N–C) groups is 1. The van der Waals surface area contributed by atoms with Gasteiger partial charge in [0.05, 0.1) is 17.3 Å². The third-order valence-corrected chi connectivity index (χ3v) is 5.82. The molecule has 134 valence electrons.